The minimum absolute atomic E-state index is 0.0378. The molecule has 0 radical (unpaired) electrons. The summed E-state index contributed by atoms with van der Waals surface area (Å²) in [6, 6.07) is 0. The molecule has 14 heavy (non-hydrogen) atoms. The van der Waals surface area contributed by atoms with Crippen LogP contribution in [0.25, 0.3) is 0 Å². The van der Waals surface area contributed by atoms with Gasteiger partial charge in [0.2, 0.25) is 0 Å². The molecule has 1 N–H and O–H groups in total. The van der Waals surface area contributed by atoms with Crippen LogP contribution in [-0.4, -0.2) is 41.3 Å². The number of nitrogens with one attached hydrogen (secondary N) is 1. The maximum absolute atomic E-state index is 5.57. The van der Waals surface area contributed by atoms with Crippen molar-refractivity contribution in [1.29, 1.82) is 0 Å². The molecule has 1 aromatic heterocycles. The summed E-state index contributed by atoms with van der Waals surface area (Å²) in [6.07, 6.45) is -0.0378. The van der Waals surface area contributed by atoms with Crippen LogP contribution < -0.4 is 0 Å². The van der Waals surface area contributed by atoms with Crippen LogP contribution in [0.3, 0.4) is 0 Å². The Labute approximate surface area is 87.0 Å². The van der Waals surface area contributed by atoms with Gasteiger partial charge in [-0.15, -0.1) is 0 Å². The van der Waals surface area contributed by atoms with E-state index in [1.165, 1.54) is 0 Å². The first-order chi connectivity index (χ1) is 6.79. The van der Waals surface area contributed by atoms with Gasteiger partial charge in [-0.1, -0.05) is 6.92 Å². The predicted molar refractivity (Wildman–Crippen MR) is 52.5 cm³/mol. The van der Waals surface area contributed by atoms with Crippen LogP contribution in [0, 0.1) is 4.84 Å². The third kappa shape index (κ3) is 2.02. The molecule has 78 valence electrons. The van der Waals surface area contributed by atoms with Gasteiger partial charge in [0.15, 0.2) is 5.82 Å². The Morgan fingerprint density at radius 3 is 3.21 bits per heavy atom. The molecule has 1 atom stereocenters. The Morgan fingerprint density at radius 2 is 2.57 bits per heavy atom. The lowest BCUT2D eigenvalue weighted by Gasteiger charge is -2.30. The minimum Gasteiger partial charge on any atom is -0.367 e. The van der Waals surface area contributed by atoms with E-state index >= 15 is 0 Å². The molecule has 1 fully saturated rings. The van der Waals surface area contributed by atoms with E-state index in [2.05, 4.69) is 22.0 Å². The number of aromatic nitrogens is 2. The molecule has 2 heterocycles. The Kier molecular flexibility index (Phi) is 2.95. The average molecular weight is 215 g/mol. The van der Waals surface area contributed by atoms with E-state index in [4.69, 9.17) is 21.5 Å². The summed E-state index contributed by atoms with van der Waals surface area (Å²) >= 11 is 4.78. The number of likely N-dealkylation sites (N-methyl/N-ethyl adjacent to an activating group) is 1. The highest BCUT2D eigenvalue weighted by atomic mass is 32.1. The first-order valence-corrected chi connectivity index (χ1v) is 5.09. The van der Waals surface area contributed by atoms with Crippen LogP contribution in [-0.2, 0) is 4.74 Å². The second-order valence-electron chi connectivity index (χ2n) is 3.22. The normalized spacial score (nSPS) is 23.9. The van der Waals surface area contributed by atoms with Gasteiger partial charge in [-0.2, -0.15) is 4.98 Å². The molecule has 0 amide bonds. The number of morpholine rings is 1. The molecule has 0 spiro atoms. The molecule has 1 unspecified atom stereocenters. The minimum atomic E-state index is -0.0378. The molecule has 1 saturated heterocycles. The number of nitrogens with zero attached hydrogens (tertiary/aromatic N) is 2. The third-order valence-electron chi connectivity index (χ3n) is 2.36. The van der Waals surface area contributed by atoms with Crippen molar-refractivity contribution >= 4 is 12.2 Å². The Morgan fingerprint density at radius 1 is 1.71 bits per heavy atom. The molecule has 1 aliphatic rings. The highest BCUT2D eigenvalue weighted by Gasteiger charge is 2.23. The molecule has 1 aliphatic heterocycles. The van der Waals surface area contributed by atoms with E-state index < -0.39 is 0 Å². The van der Waals surface area contributed by atoms with Crippen LogP contribution in [0.2, 0.25) is 0 Å². The van der Waals surface area contributed by atoms with Gasteiger partial charge >= 0.3 is 4.84 Å². The van der Waals surface area contributed by atoms with Gasteiger partial charge in [-0.3, -0.25) is 4.90 Å². The maximum Gasteiger partial charge on any atom is 0.314 e. The summed E-state index contributed by atoms with van der Waals surface area (Å²) in [5, 5.41) is 2.68. The van der Waals surface area contributed by atoms with Gasteiger partial charge in [0.25, 0.3) is 0 Å². The highest BCUT2D eigenvalue weighted by molar-refractivity contribution is 7.71. The van der Waals surface area contributed by atoms with E-state index in [1.54, 1.807) is 0 Å². The summed E-state index contributed by atoms with van der Waals surface area (Å²) in [4.78, 5) is 6.58. The zero-order valence-corrected chi connectivity index (χ0v) is 8.84. The topological polar surface area (TPSA) is 54.3 Å². The van der Waals surface area contributed by atoms with Crippen molar-refractivity contribution in [2.75, 3.05) is 26.2 Å². The van der Waals surface area contributed by atoms with Crippen molar-refractivity contribution < 1.29 is 9.26 Å². The maximum atomic E-state index is 5.57. The average Bonchev–Trinajstić information content (AvgIpc) is 2.65. The lowest BCUT2D eigenvalue weighted by Crippen LogP contribution is -2.38. The van der Waals surface area contributed by atoms with Crippen LogP contribution >= 0.6 is 12.2 Å². The second-order valence-corrected chi connectivity index (χ2v) is 3.57. The lowest BCUT2D eigenvalue weighted by molar-refractivity contribution is -0.0334. The van der Waals surface area contributed by atoms with Gasteiger partial charge < -0.3 is 9.26 Å². The van der Waals surface area contributed by atoms with Crippen LogP contribution in [0.1, 0.15) is 18.9 Å². The van der Waals surface area contributed by atoms with Crippen molar-refractivity contribution in [3.8, 4) is 0 Å². The van der Waals surface area contributed by atoms with E-state index in [-0.39, 0.29) is 10.9 Å². The number of hydrogen-bond acceptors (Lipinski definition) is 5. The Balaban J connectivity index is 2.07. The van der Waals surface area contributed by atoms with Crippen molar-refractivity contribution in [1.82, 2.24) is 15.0 Å². The second kappa shape index (κ2) is 4.20. The van der Waals surface area contributed by atoms with E-state index in [0.717, 1.165) is 26.2 Å². The number of ether oxygens (including phenoxy) is 1. The van der Waals surface area contributed by atoms with E-state index in [9.17, 15) is 0 Å². The number of rotatable bonds is 2. The van der Waals surface area contributed by atoms with Crippen LogP contribution in [0.5, 0.6) is 0 Å². The molecular formula is C8H13N3O2S. The van der Waals surface area contributed by atoms with Gasteiger partial charge in [0.05, 0.1) is 6.61 Å². The first-order valence-electron chi connectivity index (χ1n) is 4.69. The van der Waals surface area contributed by atoms with Crippen molar-refractivity contribution in [3.63, 3.8) is 0 Å². The fourth-order valence-corrected chi connectivity index (χ4v) is 1.67. The molecule has 2 rings (SSSR count). The first kappa shape index (κ1) is 9.82. The van der Waals surface area contributed by atoms with Gasteiger partial charge in [-0.25, -0.2) is 5.16 Å². The summed E-state index contributed by atoms with van der Waals surface area (Å²) in [5.41, 5.74) is 0. The van der Waals surface area contributed by atoms with E-state index in [1.807, 2.05) is 0 Å². The summed E-state index contributed by atoms with van der Waals surface area (Å²) in [6.45, 7) is 5.71. The highest BCUT2D eigenvalue weighted by Crippen LogP contribution is 2.18. The number of H-pyrrole nitrogens is 1. The quantitative estimate of drug-likeness (QED) is 0.749. The number of hydrogen-bond donors (Lipinski definition) is 1. The standard InChI is InChI=1S/C8H13N3O2S/c1-2-11-3-4-12-6(5-11)7-9-8(14)13-10-7/h6H,2-5H2,1H3,(H,9,10,14). The molecule has 1 aromatic rings. The van der Waals surface area contributed by atoms with Gasteiger partial charge in [0, 0.05) is 13.1 Å². The molecule has 0 aliphatic carbocycles. The Bertz CT molecular complexity index is 348. The van der Waals surface area contributed by atoms with Gasteiger partial charge in [0.1, 0.15) is 6.10 Å². The predicted octanol–water partition coefficient (Wildman–Crippen LogP) is 1.13. The Hall–Kier alpha value is -0.720. The largest absolute Gasteiger partial charge is 0.367 e. The van der Waals surface area contributed by atoms with Crippen molar-refractivity contribution in [2.24, 2.45) is 0 Å². The lowest BCUT2D eigenvalue weighted by atomic mass is 10.2. The SMILES string of the molecule is CCN1CCOC(c2nc(=S)o[nH]2)C1. The van der Waals surface area contributed by atoms with Crippen molar-refractivity contribution in [2.45, 2.75) is 13.0 Å². The van der Waals surface area contributed by atoms with Gasteiger partial charge in [-0.05, 0) is 18.8 Å². The third-order valence-corrected chi connectivity index (χ3v) is 2.53. The summed E-state index contributed by atoms with van der Waals surface area (Å²) in [5.74, 6) is 0.688. The summed E-state index contributed by atoms with van der Waals surface area (Å²) in [7, 11) is 0. The molecule has 0 saturated carbocycles. The molecular weight excluding hydrogens is 202 g/mol. The summed E-state index contributed by atoms with van der Waals surface area (Å²) < 4.78 is 10.4. The zero-order chi connectivity index (χ0) is 9.97. The van der Waals surface area contributed by atoms with Crippen molar-refractivity contribution in [3.05, 3.63) is 10.7 Å². The van der Waals surface area contributed by atoms with Crippen LogP contribution in [0.4, 0.5) is 0 Å². The fraction of sp³-hybridized carbons (Fsp3) is 0.750. The number of aromatic amines is 1. The molecule has 6 heteroatoms. The van der Waals surface area contributed by atoms with Crippen LogP contribution in [0.15, 0.2) is 4.52 Å². The smallest absolute Gasteiger partial charge is 0.314 e. The fourth-order valence-electron chi connectivity index (χ4n) is 1.53. The molecule has 5 nitrogen and oxygen atoms in total. The monoisotopic (exact) mass is 215 g/mol. The molecule has 0 aromatic carbocycles. The van der Waals surface area contributed by atoms with E-state index in [0.29, 0.717) is 5.82 Å². The molecule has 0 bridgehead atoms. The zero-order valence-electron chi connectivity index (χ0n) is 8.02.